The summed E-state index contributed by atoms with van der Waals surface area (Å²) >= 11 is 6.77. The first-order chi connectivity index (χ1) is 17.4. The minimum Gasteiger partial charge on any atom is -0.389 e. The Kier molecular flexibility index (Phi) is 6.22. The van der Waals surface area contributed by atoms with Crippen molar-refractivity contribution in [2.75, 3.05) is 28.6 Å². The lowest BCUT2D eigenvalue weighted by Gasteiger charge is -2.38. The zero-order valence-corrected chi connectivity index (χ0v) is 20.1. The number of halogens is 1. The van der Waals surface area contributed by atoms with Gasteiger partial charge < -0.3 is 26.0 Å². The fraction of sp³-hybridized carbons (Fsp3) is 0.391. The third-order valence-corrected chi connectivity index (χ3v) is 6.53. The van der Waals surface area contributed by atoms with Crippen molar-refractivity contribution < 1.29 is 9.90 Å². The monoisotopic (exact) mass is 506 g/mol. The molecule has 12 nitrogen and oxygen atoms in total. The standard InChI is InChI=1S/C23H23ClN10O2/c1-12(35)28-16-4-5-33(11-19(16)36)18-7-13(8-25)6-17(20(18)24)30-23-31-21(29-14-2-3-14)22-27-10-15(9-26)34(22)32-23/h6-7,10,14,16,19,36H,2-5,11H2,1H3,(H,28,35)(H2,29,30,31,32)/t16-,19-/m1/s1. The fourth-order valence-corrected chi connectivity index (χ4v) is 4.50. The summed E-state index contributed by atoms with van der Waals surface area (Å²) in [5.41, 5.74) is 2.02. The second-order valence-corrected chi connectivity index (χ2v) is 9.27. The van der Waals surface area contributed by atoms with Gasteiger partial charge in [0.2, 0.25) is 11.9 Å². The Morgan fingerprint density at radius 1 is 1.25 bits per heavy atom. The summed E-state index contributed by atoms with van der Waals surface area (Å²) < 4.78 is 1.41. The van der Waals surface area contributed by atoms with Gasteiger partial charge >= 0.3 is 0 Å². The third kappa shape index (κ3) is 4.69. The number of rotatable bonds is 6. The van der Waals surface area contributed by atoms with Crippen molar-refractivity contribution in [2.45, 2.75) is 44.4 Å². The molecule has 2 fully saturated rings. The average Bonchev–Trinajstić information content (AvgIpc) is 3.57. The Labute approximate surface area is 211 Å². The van der Waals surface area contributed by atoms with E-state index in [4.69, 9.17) is 11.6 Å². The first kappa shape index (κ1) is 23.6. The smallest absolute Gasteiger partial charge is 0.247 e. The lowest BCUT2D eigenvalue weighted by molar-refractivity contribution is -0.120. The zero-order valence-electron chi connectivity index (χ0n) is 19.4. The van der Waals surface area contributed by atoms with Crippen LogP contribution in [0.5, 0.6) is 0 Å². The van der Waals surface area contributed by atoms with Crippen LogP contribution in [0.15, 0.2) is 18.3 Å². The van der Waals surface area contributed by atoms with Crippen LogP contribution in [0.2, 0.25) is 5.02 Å². The van der Waals surface area contributed by atoms with Crippen LogP contribution in [0.25, 0.3) is 5.65 Å². The van der Waals surface area contributed by atoms with Crippen molar-refractivity contribution >= 4 is 46.3 Å². The molecule has 5 rings (SSSR count). The number of benzene rings is 1. The minimum atomic E-state index is -0.798. The molecule has 3 heterocycles. The molecule has 1 saturated heterocycles. The number of aliphatic hydroxyl groups is 1. The summed E-state index contributed by atoms with van der Waals surface area (Å²) in [6, 6.07) is 7.40. The van der Waals surface area contributed by atoms with Gasteiger partial charge in [0, 0.05) is 26.1 Å². The van der Waals surface area contributed by atoms with Gasteiger partial charge in [-0.05, 0) is 31.4 Å². The molecule has 2 aromatic heterocycles. The summed E-state index contributed by atoms with van der Waals surface area (Å²) in [6.45, 7) is 2.17. The molecule has 0 radical (unpaired) electrons. The maximum absolute atomic E-state index is 11.4. The number of fused-ring (bicyclic) bond motifs is 1. The third-order valence-electron chi connectivity index (χ3n) is 6.14. The second-order valence-electron chi connectivity index (χ2n) is 8.90. The van der Waals surface area contributed by atoms with Crippen molar-refractivity contribution in [3.8, 4) is 12.1 Å². The molecule has 1 aromatic carbocycles. The normalized spacial score (nSPS) is 19.4. The topological polar surface area (TPSA) is 167 Å². The van der Waals surface area contributed by atoms with Crippen LogP contribution in [0, 0.1) is 22.7 Å². The van der Waals surface area contributed by atoms with E-state index in [1.165, 1.54) is 17.6 Å². The maximum Gasteiger partial charge on any atom is 0.247 e. The van der Waals surface area contributed by atoms with Crippen molar-refractivity contribution in [3.63, 3.8) is 0 Å². The van der Waals surface area contributed by atoms with Crippen LogP contribution in [0.4, 0.5) is 23.1 Å². The van der Waals surface area contributed by atoms with Crippen molar-refractivity contribution in [1.29, 1.82) is 10.5 Å². The molecule has 3 aromatic rings. The van der Waals surface area contributed by atoms with Crippen LogP contribution in [0.1, 0.15) is 37.4 Å². The van der Waals surface area contributed by atoms with Gasteiger partial charge in [-0.3, -0.25) is 4.79 Å². The molecule has 1 amide bonds. The van der Waals surface area contributed by atoms with Gasteiger partial charge in [-0.1, -0.05) is 11.6 Å². The molecular formula is C23H23ClN10O2. The average molecular weight is 507 g/mol. The molecule has 1 saturated carbocycles. The van der Waals surface area contributed by atoms with Gasteiger partial charge in [0.15, 0.2) is 17.2 Å². The molecule has 4 N–H and O–H groups in total. The van der Waals surface area contributed by atoms with Crippen molar-refractivity contribution in [1.82, 2.24) is 24.9 Å². The van der Waals surface area contributed by atoms with Crippen molar-refractivity contribution in [2.24, 2.45) is 0 Å². The van der Waals surface area contributed by atoms with Gasteiger partial charge in [0.25, 0.3) is 0 Å². The number of β-amino-alcohol motifs (C(OH)–C–C–N with tert-alkyl or cyclic N) is 1. The molecule has 36 heavy (non-hydrogen) atoms. The summed E-state index contributed by atoms with van der Waals surface area (Å²) in [5, 5.41) is 43.6. The number of carbonyl (C=O) groups excluding carboxylic acids is 1. The number of hydrogen-bond acceptors (Lipinski definition) is 10. The van der Waals surface area contributed by atoms with Crippen molar-refractivity contribution in [3.05, 3.63) is 34.6 Å². The number of hydrogen-bond donors (Lipinski definition) is 4. The van der Waals surface area contributed by atoms with E-state index < -0.39 is 6.10 Å². The van der Waals surface area contributed by atoms with Gasteiger partial charge in [-0.15, -0.1) is 5.10 Å². The Balaban J connectivity index is 1.48. The number of piperidine rings is 1. The lowest BCUT2D eigenvalue weighted by Crippen LogP contribution is -2.53. The number of nitriles is 2. The van der Waals surface area contributed by atoms with E-state index in [1.54, 1.807) is 12.1 Å². The Morgan fingerprint density at radius 3 is 2.72 bits per heavy atom. The van der Waals surface area contributed by atoms with E-state index in [0.717, 1.165) is 12.8 Å². The van der Waals surface area contributed by atoms with Crippen LogP contribution in [-0.2, 0) is 4.79 Å². The predicted molar refractivity (Wildman–Crippen MR) is 132 cm³/mol. The van der Waals surface area contributed by atoms with E-state index in [2.05, 4.69) is 43.2 Å². The van der Waals surface area contributed by atoms with Crippen LogP contribution >= 0.6 is 11.6 Å². The molecule has 0 spiro atoms. The summed E-state index contributed by atoms with van der Waals surface area (Å²) in [5.74, 6) is 0.466. The second kappa shape index (κ2) is 9.49. The van der Waals surface area contributed by atoms with E-state index in [9.17, 15) is 20.4 Å². The minimum absolute atomic E-state index is 0.174. The fourth-order valence-electron chi connectivity index (χ4n) is 4.22. The molecule has 1 aliphatic heterocycles. The molecule has 2 atom stereocenters. The van der Waals surface area contributed by atoms with Gasteiger partial charge in [-0.2, -0.15) is 20.0 Å². The SMILES string of the molecule is CC(=O)N[C@@H]1CCN(c2cc(C#N)cc(Nc3nc(NC4CC4)c4ncc(C#N)n4n3)c2Cl)C[C@H]1O. The number of aliphatic hydroxyl groups excluding tert-OH is 1. The van der Waals surface area contributed by atoms with Crippen LogP contribution < -0.4 is 20.9 Å². The zero-order chi connectivity index (χ0) is 25.4. The number of nitrogens with one attached hydrogen (secondary N) is 3. The number of nitrogens with zero attached hydrogens (tertiary/aromatic N) is 7. The predicted octanol–water partition coefficient (Wildman–Crippen LogP) is 1.91. The quantitative estimate of drug-likeness (QED) is 0.387. The molecular weight excluding hydrogens is 484 g/mol. The number of carbonyl (C=O) groups is 1. The highest BCUT2D eigenvalue weighted by Crippen LogP contribution is 2.37. The van der Waals surface area contributed by atoms with Gasteiger partial charge in [-0.25, -0.2) is 4.98 Å². The summed E-state index contributed by atoms with van der Waals surface area (Å²) in [4.78, 5) is 22.1. The summed E-state index contributed by atoms with van der Waals surface area (Å²) in [6.07, 6.45) is 3.20. The molecule has 1 aliphatic carbocycles. The van der Waals surface area contributed by atoms with Gasteiger partial charge in [0.05, 0.1) is 46.4 Å². The first-order valence-electron chi connectivity index (χ1n) is 11.5. The van der Waals surface area contributed by atoms with E-state index in [0.29, 0.717) is 52.4 Å². The number of amides is 1. The molecule has 2 aliphatic rings. The van der Waals surface area contributed by atoms with E-state index >= 15 is 0 Å². The molecule has 0 bridgehead atoms. The Morgan fingerprint density at radius 2 is 2.06 bits per heavy atom. The lowest BCUT2D eigenvalue weighted by atomic mass is 10.0. The largest absolute Gasteiger partial charge is 0.389 e. The van der Waals surface area contributed by atoms with Crippen LogP contribution in [0.3, 0.4) is 0 Å². The molecule has 184 valence electrons. The molecule has 13 heteroatoms. The highest BCUT2D eigenvalue weighted by molar-refractivity contribution is 6.36. The Hall–Kier alpha value is -4.13. The van der Waals surface area contributed by atoms with E-state index in [1.807, 2.05) is 4.90 Å². The highest BCUT2D eigenvalue weighted by atomic mass is 35.5. The number of anilines is 4. The highest BCUT2D eigenvalue weighted by Gasteiger charge is 2.30. The Bertz CT molecular complexity index is 1420. The first-order valence-corrected chi connectivity index (χ1v) is 11.9. The number of aromatic nitrogens is 4. The van der Waals surface area contributed by atoms with E-state index in [-0.39, 0.29) is 30.1 Å². The van der Waals surface area contributed by atoms with Crippen LogP contribution in [-0.4, -0.2) is 61.9 Å². The summed E-state index contributed by atoms with van der Waals surface area (Å²) in [7, 11) is 0. The van der Waals surface area contributed by atoms with Gasteiger partial charge in [0.1, 0.15) is 6.07 Å². The maximum atomic E-state index is 11.4. The molecule has 0 unspecified atom stereocenters. The number of imidazole rings is 1.